The van der Waals surface area contributed by atoms with Crippen LogP contribution in [0.5, 0.6) is 0 Å². The lowest BCUT2D eigenvalue weighted by Crippen LogP contribution is -2.62. The van der Waals surface area contributed by atoms with Crippen molar-refractivity contribution >= 4 is 29.8 Å². The first-order valence-corrected chi connectivity index (χ1v) is 13.8. The molecular formula is C31H48N4O7. The van der Waals surface area contributed by atoms with Crippen LogP contribution in [-0.4, -0.2) is 89.6 Å². The van der Waals surface area contributed by atoms with E-state index < -0.39 is 64.8 Å². The first kappa shape index (κ1) is 36.1. The second-order valence-corrected chi connectivity index (χ2v) is 13.1. The minimum atomic E-state index is -1.17. The molecule has 2 atom stereocenters. The number of hydrogen-bond acceptors (Lipinski definition) is 6. The van der Waals surface area contributed by atoms with Crippen molar-refractivity contribution in [1.29, 1.82) is 0 Å². The van der Waals surface area contributed by atoms with Gasteiger partial charge in [0.2, 0.25) is 17.7 Å². The highest BCUT2D eigenvalue weighted by atomic mass is 16.6. The van der Waals surface area contributed by atoms with Crippen molar-refractivity contribution in [3.63, 3.8) is 0 Å². The molecule has 1 aromatic carbocycles. The number of likely N-dealkylation sites (N-methyl/N-ethyl adjacent to an activating group) is 2. The molecule has 0 aliphatic carbocycles. The van der Waals surface area contributed by atoms with Crippen LogP contribution in [0.4, 0.5) is 4.79 Å². The van der Waals surface area contributed by atoms with E-state index in [-0.39, 0.29) is 12.1 Å². The van der Waals surface area contributed by atoms with E-state index in [2.05, 4.69) is 10.6 Å². The van der Waals surface area contributed by atoms with Crippen molar-refractivity contribution in [2.75, 3.05) is 27.2 Å². The molecule has 11 heteroatoms. The summed E-state index contributed by atoms with van der Waals surface area (Å²) in [5.41, 5.74) is -1.32. The Bertz CT molecular complexity index is 1160. The molecule has 3 N–H and O–H groups in total. The Balaban J connectivity index is 3.36. The summed E-state index contributed by atoms with van der Waals surface area (Å²) < 4.78 is 5.58. The van der Waals surface area contributed by atoms with Crippen LogP contribution < -0.4 is 10.6 Å². The maximum atomic E-state index is 14.1. The Labute approximate surface area is 249 Å². The lowest BCUT2D eigenvalue weighted by atomic mass is 9.76. The zero-order valence-corrected chi connectivity index (χ0v) is 26.8. The van der Waals surface area contributed by atoms with Crippen molar-refractivity contribution in [3.8, 4) is 0 Å². The van der Waals surface area contributed by atoms with Gasteiger partial charge in [0, 0.05) is 31.6 Å². The van der Waals surface area contributed by atoms with Gasteiger partial charge >= 0.3 is 12.1 Å². The molecule has 4 amide bonds. The number of hydrogen-bond donors (Lipinski definition) is 3. The summed E-state index contributed by atoms with van der Waals surface area (Å²) in [5.74, 6) is -2.66. The zero-order chi connectivity index (χ0) is 32.6. The molecule has 0 saturated heterocycles. The molecular weight excluding hydrogens is 540 g/mol. The molecule has 0 spiro atoms. The lowest BCUT2D eigenvalue weighted by Gasteiger charge is -2.42. The molecule has 1 rings (SSSR count). The molecule has 1 unspecified atom stereocenters. The van der Waals surface area contributed by atoms with Crippen molar-refractivity contribution in [1.82, 2.24) is 20.4 Å². The van der Waals surface area contributed by atoms with Gasteiger partial charge in [-0.05, 0) is 38.7 Å². The number of ether oxygens (including phenoxy) is 1. The summed E-state index contributed by atoms with van der Waals surface area (Å²) in [6, 6.07) is 7.31. The van der Waals surface area contributed by atoms with Gasteiger partial charge in [0.25, 0.3) is 0 Å². The van der Waals surface area contributed by atoms with Crippen LogP contribution in [0.2, 0.25) is 0 Å². The highest BCUT2D eigenvalue weighted by Gasteiger charge is 2.45. The topological polar surface area (TPSA) is 145 Å². The summed E-state index contributed by atoms with van der Waals surface area (Å²) in [6.07, 6.45) is 0.831. The number of nitrogens with one attached hydrogen (secondary N) is 2. The smallest absolute Gasteiger partial charge is 0.410 e. The Kier molecular flexibility index (Phi) is 12.3. The molecule has 0 aromatic heterocycles. The Morgan fingerprint density at radius 3 is 1.98 bits per heavy atom. The average molecular weight is 589 g/mol. The second kappa shape index (κ2) is 14.3. The Morgan fingerprint density at radius 1 is 0.952 bits per heavy atom. The monoisotopic (exact) mass is 588 g/mol. The molecule has 42 heavy (non-hydrogen) atoms. The van der Waals surface area contributed by atoms with Crippen molar-refractivity contribution in [3.05, 3.63) is 47.5 Å². The van der Waals surface area contributed by atoms with Gasteiger partial charge in [0.05, 0.1) is 0 Å². The van der Waals surface area contributed by atoms with Crippen molar-refractivity contribution < 1.29 is 33.8 Å². The van der Waals surface area contributed by atoms with Crippen molar-refractivity contribution in [2.24, 2.45) is 5.41 Å². The van der Waals surface area contributed by atoms with E-state index >= 15 is 0 Å². The lowest BCUT2D eigenvalue weighted by molar-refractivity contribution is -0.140. The van der Waals surface area contributed by atoms with E-state index in [0.29, 0.717) is 0 Å². The summed E-state index contributed by atoms with van der Waals surface area (Å²) in [5, 5.41) is 13.9. The predicted octanol–water partition coefficient (Wildman–Crippen LogP) is 3.34. The third-order valence-electron chi connectivity index (χ3n) is 6.72. The molecule has 0 fully saturated rings. The zero-order valence-electron chi connectivity index (χ0n) is 26.8. The fraction of sp³-hybridized carbons (Fsp3) is 0.581. The van der Waals surface area contributed by atoms with E-state index in [1.165, 1.54) is 29.8 Å². The molecule has 0 bridgehead atoms. The van der Waals surface area contributed by atoms with E-state index in [1.807, 2.05) is 65.0 Å². The first-order valence-electron chi connectivity index (χ1n) is 13.8. The highest BCUT2D eigenvalue weighted by Crippen LogP contribution is 2.32. The van der Waals surface area contributed by atoms with Crippen LogP contribution in [0.3, 0.4) is 0 Å². The summed E-state index contributed by atoms with van der Waals surface area (Å²) >= 11 is 0. The quantitative estimate of drug-likeness (QED) is 0.336. The molecule has 0 saturated carbocycles. The third-order valence-corrected chi connectivity index (χ3v) is 6.72. The van der Waals surface area contributed by atoms with Gasteiger partial charge < -0.3 is 25.4 Å². The van der Waals surface area contributed by atoms with Gasteiger partial charge in [0.1, 0.15) is 24.2 Å². The second-order valence-electron chi connectivity index (χ2n) is 13.1. The van der Waals surface area contributed by atoms with Gasteiger partial charge in [-0.15, -0.1) is 0 Å². The van der Waals surface area contributed by atoms with Crippen LogP contribution in [0.1, 0.15) is 67.9 Å². The van der Waals surface area contributed by atoms with E-state index in [1.54, 1.807) is 27.8 Å². The van der Waals surface area contributed by atoms with Crippen LogP contribution in [-0.2, 0) is 29.3 Å². The number of carboxylic acid groups (broad SMARTS) is 1. The van der Waals surface area contributed by atoms with Crippen LogP contribution in [0.15, 0.2) is 42.0 Å². The summed E-state index contributed by atoms with van der Waals surface area (Å²) in [4.78, 5) is 66.4. The van der Waals surface area contributed by atoms with Crippen LogP contribution in [0, 0.1) is 5.41 Å². The minimum absolute atomic E-state index is 0.0460. The molecule has 0 aliphatic rings. The fourth-order valence-electron chi connectivity index (χ4n) is 4.29. The van der Waals surface area contributed by atoms with Crippen LogP contribution >= 0.6 is 0 Å². The normalized spacial score (nSPS) is 13.8. The average Bonchev–Trinajstić information content (AvgIpc) is 2.86. The minimum Gasteiger partial charge on any atom is -0.480 e. The number of carboxylic acids is 1. The number of aliphatic carboxylic acids is 1. The van der Waals surface area contributed by atoms with Gasteiger partial charge in [0.15, 0.2) is 0 Å². The summed E-state index contributed by atoms with van der Waals surface area (Å²) in [6.45, 7) is 15.4. The molecule has 0 aliphatic heterocycles. The largest absolute Gasteiger partial charge is 0.480 e. The Morgan fingerprint density at radius 2 is 1.50 bits per heavy atom. The molecule has 1 aromatic rings. The highest BCUT2D eigenvalue weighted by molar-refractivity contribution is 5.95. The van der Waals surface area contributed by atoms with Gasteiger partial charge in [-0.1, -0.05) is 71.0 Å². The van der Waals surface area contributed by atoms with Crippen molar-refractivity contribution in [2.45, 2.75) is 85.4 Å². The van der Waals surface area contributed by atoms with E-state index in [9.17, 15) is 24.0 Å². The number of rotatable bonds is 11. The fourth-order valence-corrected chi connectivity index (χ4v) is 4.29. The third kappa shape index (κ3) is 10.5. The van der Waals surface area contributed by atoms with E-state index in [4.69, 9.17) is 9.84 Å². The maximum Gasteiger partial charge on any atom is 0.410 e. The molecule has 11 nitrogen and oxygen atoms in total. The maximum absolute atomic E-state index is 14.1. The van der Waals surface area contributed by atoms with Crippen LogP contribution in [0.25, 0.3) is 0 Å². The number of carbonyl (C=O) groups excluding carboxylic acids is 4. The summed E-state index contributed by atoms with van der Waals surface area (Å²) in [7, 11) is 3.05. The standard InChI is InChI=1S/C31H48N4O7/c1-20(25(38)32-19-22(36)37)17-18-34(10)27(40)23(29(2,3)4)33-26(39)24(35(11)28(41)42-30(5,6)7)31(8,9)21-15-13-12-14-16-21/h12-17,23-24H,18-19H2,1-11H3,(H,32,38)(H,33,39)(H,36,37)/b20-17+/t23?,24-/m1/s1. The predicted molar refractivity (Wildman–Crippen MR) is 161 cm³/mol. The SMILES string of the molecule is C/C(=C\CN(C)C(=O)C(NC(=O)[C@@H](N(C)C(=O)OC(C)(C)C)C(C)(C)c1ccccc1)C(C)(C)C)C(=O)NCC(=O)O. The Hall–Kier alpha value is -3.89. The molecule has 0 heterocycles. The van der Waals surface area contributed by atoms with Gasteiger partial charge in [-0.25, -0.2) is 4.79 Å². The number of amides is 4. The first-order chi connectivity index (χ1) is 19.1. The molecule has 0 radical (unpaired) electrons. The molecule has 234 valence electrons. The number of benzene rings is 1. The number of nitrogens with zero attached hydrogens (tertiary/aromatic N) is 2. The van der Waals surface area contributed by atoms with Gasteiger partial charge in [-0.2, -0.15) is 0 Å². The van der Waals surface area contributed by atoms with E-state index in [0.717, 1.165) is 5.56 Å². The van der Waals surface area contributed by atoms with Gasteiger partial charge in [-0.3, -0.25) is 24.1 Å². The number of carbonyl (C=O) groups is 5.